The third-order valence-corrected chi connectivity index (χ3v) is 5.34. The molecule has 114 valence electrons. The molecule has 1 aromatic rings. The second-order valence-electron chi connectivity index (χ2n) is 5.65. The number of aliphatic hydroxyl groups excluding tert-OH is 1. The third-order valence-electron chi connectivity index (χ3n) is 3.46. The SMILES string of the molecule is CC(O)CC1CCCN1Cc1csc(CS(C)(=O)=O)n1. The molecule has 0 spiro atoms. The van der Waals surface area contributed by atoms with Gasteiger partial charge in [-0.05, 0) is 32.7 Å². The van der Waals surface area contributed by atoms with Crippen molar-refractivity contribution in [1.29, 1.82) is 0 Å². The van der Waals surface area contributed by atoms with E-state index < -0.39 is 9.84 Å². The molecule has 0 aromatic carbocycles. The summed E-state index contributed by atoms with van der Waals surface area (Å²) < 4.78 is 22.5. The van der Waals surface area contributed by atoms with Crippen molar-refractivity contribution in [3.8, 4) is 0 Å². The standard InChI is InChI=1S/C13H22N2O3S2/c1-10(16)6-12-4-3-5-15(12)7-11-8-19-13(14-11)9-20(2,17)18/h8,10,12,16H,3-7,9H2,1-2H3. The van der Waals surface area contributed by atoms with E-state index in [1.54, 1.807) is 0 Å². The highest BCUT2D eigenvalue weighted by molar-refractivity contribution is 7.90. The van der Waals surface area contributed by atoms with Crippen LogP contribution < -0.4 is 0 Å². The van der Waals surface area contributed by atoms with Gasteiger partial charge in [-0.1, -0.05) is 0 Å². The van der Waals surface area contributed by atoms with Crippen LogP contribution in [0.5, 0.6) is 0 Å². The maximum atomic E-state index is 11.3. The van der Waals surface area contributed by atoms with Crippen LogP contribution in [0.2, 0.25) is 0 Å². The summed E-state index contributed by atoms with van der Waals surface area (Å²) in [5, 5.41) is 12.1. The molecule has 0 amide bonds. The van der Waals surface area contributed by atoms with Crippen molar-refractivity contribution in [1.82, 2.24) is 9.88 Å². The smallest absolute Gasteiger partial charge is 0.153 e. The maximum Gasteiger partial charge on any atom is 0.153 e. The molecule has 1 fully saturated rings. The molecule has 0 saturated carbocycles. The Hall–Kier alpha value is -0.500. The minimum atomic E-state index is -3.02. The Morgan fingerprint density at radius 3 is 3.00 bits per heavy atom. The molecule has 1 saturated heterocycles. The second-order valence-corrected chi connectivity index (χ2v) is 8.74. The largest absolute Gasteiger partial charge is 0.393 e. The molecule has 1 N–H and O–H groups in total. The number of hydrogen-bond acceptors (Lipinski definition) is 6. The van der Waals surface area contributed by atoms with Gasteiger partial charge in [0.2, 0.25) is 0 Å². The van der Waals surface area contributed by atoms with Crippen molar-refractivity contribution in [2.75, 3.05) is 12.8 Å². The summed E-state index contributed by atoms with van der Waals surface area (Å²) in [4.78, 5) is 6.75. The normalized spacial score (nSPS) is 22.2. The minimum absolute atomic E-state index is 0.0226. The fraction of sp³-hybridized carbons (Fsp3) is 0.769. The molecule has 2 atom stereocenters. The number of thiazole rings is 1. The number of likely N-dealkylation sites (tertiary alicyclic amines) is 1. The molecule has 2 rings (SSSR count). The zero-order valence-electron chi connectivity index (χ0n) is 11.9. The van der Waals surface area contributed by atoms with E-state index in [0.717, 1.165) is 38.0 Å². The first-order chi connectivity index (χ1) is 9.33. The van der Waals surface area contributed by atoms with Crippen molar-refractivity contribution in [2.45, 2.75) is 50.6 Å². The van der Waals surface area contributed by atoms with Crippen LogP contribution in [0.1, 0.15) is 36.9 Å². The lowest BCUT2D eigenvalue weighted by Crippen LogP contribution is -2.31. The van der Waals surface area contributed by atoms with Crippen LogP contribution in [0.3, 0.4) is 0 Å². The highest BCUT2D eigenvalue weighted by Crippen LogP contribution is 2.24. The van der Waals surface area contributed by atoms with Gasteiger partial charge in [-0.25, -0.2) is 13.4 Å². The number of nitrogens with zero attached hydrogens (tertiary/aromatic N) is 2. The molecule has 1 aliphatic heterocycles. The first-order valence-electron chi connectivity index (χ1n) is 6.86. The van der Waals surface area contributed by atoms with E-state index in [0.29, 0.717) is 11.0 Å². The van der Waals surface area contributed by atoms with Crippen molar-refractivity contribution in [3.63, 3.8) is 0 Å². The summed E-state index contributed by atoms with van der Waals surface area (Å²) in [6.07, 6.45) is 4.01. The lowest BCUT2D eigenvalue weighted by molar-refractivity contribution is 0.130. The first kappa shape index (κ1) is 15.9. The lowest BCUT2D eigenvalue weighted by Gasteiger charge is -2.24. The molecule has 2 unspecified atom stereocenters. The van der Waals surface area contributed by atoms with Gasteiger partial charge in [0.25, 0.3) is 0 Å². The van der Waals surface area contributed by atoms with Gasteiger partial charge < -0.3 is 5.11 Å². The summed E-state index contributed by atoms with van der Waals surface area (Å²) in [5.74, 6) is 0.0226. The molecule has 2 heterocycles. The highest BCUT2D eigenvalue weighted by atomic mass is 32.2. The number of aliphatic hydroxyl groups is 1. The van der Waals surface area contributed by atoms with Crippen LogP contribution in [-0.4, -0.2) is 48.4 Å². The number of aromatic nitrogens is 1. The van der Waals surface area contributed by atoms with Gasteiger partial charge in [-0.2, -0.15) is 0 Å². The number of rotatable bonds is 6. The van der Waals surface area contributed by atoms with Crippen LogP contribution in [0.25, 0.3) is 0 Å². The van der Waals surface area contributed by atoms with E-state index in [-0.39, 0.29) is 11.9 Å². The second kappa shape index (κ2) is 6.51. The van der Waals surface area contributed by atoms with Crippen molar-refractivity contribution < 1.29 is 13.5 Å². The quantitative estimate of drug-likeness (QED) is 0.859. The molecule has 7 heteroatoms. The van der Waals surface area contributed by atoms with Gasteiger partial charge >= 0.3 is 0 Å². The molecular weight excluding hydrogens is 296 g/mol. The Bertz CT molecular complexity index is 540. The molecule has 5 nitrogen and oxygen atoms in total. The van der Waals surface area contributed by atoms with E-state index in [2.05, 4.69) is 9.88 Å². The molecule has 0 radical (unpaired) electrons. The Morgan fingerprint density at radius 1 is 1.60 bits per heavy atom. The topological polar surface area (TPSA) is 70.5 Å². The predicted molar refractivity (Wildman–Crippen MR) is 80.4 cm³/mol. The highest BCUT2D eigenvalue weighted by Gasteiger charge is 2.26. The zero-order chi connectivity index (χ0) is 14.8. The Kier molecular flexibility index (Phi) is 5.17. The van der Waals surface area contributed by atoms with Crippen molar-refractivity contribution in [2.24, 2.45) is 0 Å². The summed E-state index contributed by atoms with van der Waals surface area (Å²) in [7, 11) is -3.02. The lowest BCUT2D eigenvalue weighted by atomic mass is 10.1. The maximum absolute atomic E-state index is 11.3. The Labute approximate surface area is 124 Å². The summed E-state index contributed by atoms with van der Waals surface area (Å²) in [5.41, 5.74) is 0.936. The van der Waals surface area contributed by atoms with Crippen LogP contribution in [0.15, 0.2) is 5.38 Å². The fourth-order valence-electron chi connectivity index (χ4n) is 2.68. The molecule has 1 aliphatic rings. The number of sulfone groups is 1. The monoisotopic (exact) mass is 318 g/mol. The van der Waals surface area contributed by atoms with Gasteiger partial charge in [0.05, 0.1) is 11.8 Å². The zero-order valence-corrected chi connectivity index (χ0v) is 13.6. The first-order valence-corrected chi connectivity index (χ1v) is 9.80. The Morgan fingerprint density at radius 2 is 2.35 bits per heavy atom. The van der Waals surface area contributed by atoms with Crippen LogP contribution in [0, 0.1) is 0 Å². The van der Waals surface area contributed by atoms with E-state index >= 15 is 0 Å². The average Bonchev–Trinajstić information content (AvgIpc) is 2.87. The van der Waals surface area contributed by atoms with Crippen LogP contribution in [-0.2, 0) is 22.1 Å². The third kappa shape index (κ3) is 4.80. The molecular formula is C13H22N2O3S2. The minimum Gasteiger partial charge on any atom is -0.393 e. The molecule has 0 aliphatic carbocycles. The van der Waals surface area contributed by atoms with Crippen LogP contribution in [0.4, 0.5) is 0 Å². The molecule has 1 aromatic heterocycles. The van der Waals surface area contributed by atoms with E-state index in [9.17, 15) is 13.5 Å². The molecule has 0 bridgehead atoms. The summed E-state index contributed by atoms with van der Waals surface area (Å²) >= 11 is 1.41. The van der Waals surface area contributed by atoms with E-state index in [1.807, 2.05) is 12.3 Å². The van der Waals surface area contributed by atoms with E-state index in [4.69, 9.17) is 0 Å². The fourth-order valence-corrected chi connectivity index (χ4v) is 4.68. The average molecular weight is 318 g/mol. The van der Waals surface area contributed by atoms with Crippen LogP contribution >= 0.6 is 11.3 Å². The van der Waals surface area contributed by atoms with Gasteiger partial charge in [0.1, 0.15) is 10.8 Å². The van der Waals surface area contributed by atoms with Crippen molar-refractivity contribution >= 4 is 21.2 Å². The van der Waals surface area contributed by atoms with Crippen molar-refractivity contribution in [3.05, 3.63) is 16.1 Å². The Balaban J connectivity index is 1.96. The van der Waals surface area contributed by atoms with E-state index in [1.165, 1.54) is 17.6 Å². The van der Waals surface area contributed by atoms with Gasteiger partial charge in [0.15, 0.2) is 9.84 Å². The summed E-state index contributed by atoms with van der Waals surface area (Å²) in [6, 6.07) is 0.412. The van der Waals surface area contributed by atoms with Gasteiger partial charge in [-0.3, -0.25) is 4.90 Å². The number of hydrogen-bond donors (Lipinski definition) is 1. The molecule has 20 heavy (non-hydrogen) atoms. The van der Waals surface area contributed by atoms with Gasteiger partial charge in [0, 0.05) is 24.2 Å². The van der Waals surface area contributed by atoms with Gasteiger partial charge in [-0.15, -0.1) is 11.3 Å². The predicted octanol–water partition coefficient (Wildman–Crippen LogP) is 1.42. The summed E-state index contributed by atoms with van der Waals surface area (Å²) in [6.45, 7) is 3.59.